The molecule has 131 heavy (non-hydrogen) atoms. The van der Waals surface area contributed by atoms with E-state index in [0.29, 0.717) is 62.0 Å². The fourth-order valence-corrected chi connectivity index (χ4v) is 15.2. The summed E-state index contributed by atoms with van der Waals surface area (Å²) in [7, 11) is 0. The van der Waals surface area contributed by atoms with Gasteiger partial charge in [-0.3, -0.25) is 10.2 Å². The number of benzene rings is 13. The molecular weight excluding hydrogens is 1640 g/mol. The number of H-pyrrole nitrogens is 2. The first-order valence-electron chi connectivity index (χ1n) is 41.7. The van der Waals surface area contributed by atoms with Gasteiger partial charge in [0.1, 0.15) is 11.4 Å². The molecule has 23 aromatic rings. The summed E-state index contributed by atoms with van der Waals surface area (Å²) in [5.41, 5.74) is 23.3. The van der Waals surface area contributed by atoms with Gasteiger partial charge in [0.2, 0.25) is 0 Å². The SMILES string of the molecule is C(/c1ccccc1)=c1\c(-c2ccccc2)nn2nc(-c3ccccc3)nc12.Cc1cc2nnc(-c3ccccc3)n2[nH]1.Cc1nn2nc(-c3ccc(-c4ccccc4)cc3)nc2c1=C(c1ccccc1)c1ccccc1.[C-]#[N+]c1ccc(-c2nn3nc(-c4ccc(C#N)cc4)nc3/c2=C\c2ccc(C(F)(F)F)cc2)cc1.c1ccc(-c2cc3nnc(-c4ccccc4)n3[nH]2)cc1. The maximum absolute atomic E-state index is 13.0. The van der Waals surface area contributed by atoms with Crippen molar-refractivity contribution < 1.29 is 13.2 Å². The number of hydrogen-bond donors (Lipinski definition) is 2. The molecule has 0 aliphatic carbocycles. The smallest absolute Gasteiger partial charge is 0.295 e. The van der Waals surface area contributed by atoms with E-state index in [1.54, 1.807) is 63.9 Å². The summed E-state index contributed by atoms with van der Waals surface area (Å²) in [5.74, 6) is 3.42. The first-order valence-corrected chi connectivity index (χ1v) is 41.7. The lowest BCUT2D eigenvalue weighted by atomic mass is 9.95. The van der Waals surface area contributed by atoms with Crippen LogP contribution in [0.2, 0.25) is 0 Å². The molecule has 0 unspecified atom stereocenters. The van der Waals surface area contributed by atoms with Crippen LogP contribution in [0.3, 0.4) is 0 Å². The quantitative estimate of drug-likeness (QED) is 0.102. The van der Waals surface area contributed by atoms with Crippen LogP contribution in [0.25, 0.3) is 153 Å². The summed E-state index contributed by atoms with van der Waals surface area (Å²) in [6, 6.07) is 125. The standard InChI is InChI=1S/C30H22N4.C26H13F3N6.C23H16N4.C16H12N4.C11H10N4/c1-21-27(28(24-13-7-3-8-14-24)25-15-9-4-10-16-25)30-31-29(33-34(30)32-21)26-19-17-23(18-20-26)22-11-5-2-6-12-22;1-31-21-12-8-18(9-13-21)23-22(14-16-4-10-20(11-5-16)26(27,28)29)25-32-24(34-35(25)33-23)19-6-2-17(15-30)3-7-19;1-4-10-17(11-5-1)16-20-21(18-12-6-2-7-13-18)25-27-23(20)24-22(26-27)19-14-8-3-9-15-19;1-3-7-12(8-4-1)14-11-15-17-18-16(20(15)19-14)13-9-5-2-6-10-13;1-8-7-10-12-13-11(15(10)14-8)9-5-3-2-4-6-9/h2-20H,1H3;2-14H;1-16H;1-11,19H;2-7,14H,1H3/b;22-14-;20-16-;;. The Morgan fingerprint density at radius 3 is 1.21 bits per heavy atom. The normalized spacial score (nSPS) is 11.5. The van der Waals surface area contributed by atoms with Crippen molar-refractivity contribution in [3.63, 3.8) is 0 Å². The summed E-state index contributed by atoms with van der Waals surface area (Å²) in [6.07, 6.45) is -0.599. The predicted octanol–water partition coefficient (Wildman–Crippen LogP) is 20.6. The second-order valence-corrected chi connectivity index (χ2v) is 30.3. The number of alkyl halides is 3. The summed E-state index contributed by atoms with van der Waals surface area (Å²) < 4.78 is 47.4. The lowest BCUT2D eigenvalue weighted by Crippen LogP contribution is -2.11. The Hall–Kier alpha value is -18.4. The topological polar surface area (TPSA) is 249 Å². The molecular formula is C106H73F3N22. The molecule has 0 atom stereocenters. The summed E-state index contributed by atoms with van der Waals surface area (Å²) in [5, 5.41) is 62.6. The highest BCUT2D eigenvalue weighted by atomic mass is 19.4. The van der Waals surface area contributed by atoms with E-state index in [1.807, 2.05) is 199 Å². The van der Waals surface area contributed by atoms with E-state index in [1.165, 1.54) is 27.9 Å². The molecule has 0 fully saturated rings. The molecule has 0 saturated carbocycles. The molecule has 0 bridgehead atoms. The van der Waals surface area contributed by atoms with Gasteiger partial charge in [0.15, 0.2) is 63.0 Å². The Balaban J connectivity index is 0.000000109. The number of aromatic nitrogens is 20. The molecule has 628 valence electrons. The molecule has 0 spiro atoms. The number of halogens is 3. The minimum Gasteiger partial charge on any atom is -0.295 e. The predicted molar refractivity (Wildman–Crippen MR) is 502 cm³/mol. The number of nitrogens with one attached hydrogen (secondary N) is 2. The van der Waals surface area contributed by atoms with Crippen LogP contribution >= 0.6 is 0 Å². The number of aromatic amines is 2. The average molecular weight is 1710 g/mol. The molecule has 0 saturated heterocycles. The zero-order valence-corrected chi connectivity index (χ0v) is 70.1. The highest BCUT2D eigenvalue weighted by Crippen LogP contribution is 2.32. The van der Waals surface area contributed by atoms with Gasteiger partial charge in [0.25, 0.3) is 0 Å². The van der Waals surface area contributed by atoms with Crippen LogP contribution in [0.15, 0.2) is 382 Å². The lowest BCUT2D eigenvalue weighted by molar-refractivity contribution is -0.137. The van der Waals surface area contributed by atoms with Crippen LogP contribution < -0.4 is 15.7 Å². The monoisotopic (exact) mass is 1710 g/mol. The highest BCUT2D eigenvalue weighted by Gasteiger charge is 2.30. The van der Waals surface area contributed by atoms with Crippen LogP contribution in [0.1, 0.15) is 44.8 Å². The van der Waals surface area contributed by atoms with Gasteiger partial charge in [0, 0.05) is 72.8 Å². The van der Waals surface area contributed by atoms with Crippen LogP contribution in [0.4, 0.5) is 18.9 Å². The van der Waals surface area contributed by atoms with Crippen molar-refractivity contribution in [1.29, 1.82) is 5.26 Å². The van der Waals surface area contributed by atoms with Crippen molar-refractivity contribution in [2.75, 3.05) is 0 Å². The van der Waals surface area contributed by atoms with Gasteiger partial charge in [0.05, 0.1) is 40.4 Å². The van der Waals surface area contributed by atoms with Crippen molar-refractivity contribution in [3.05, 3.63) is 454 Å². The van der Waals surface area contributed by atoms with Crippen molar-refractivity contribution in [2.24, 2.45) is 0 Å². The minimum absolute atomic E-state index is 0.397. The Kier molecular flexibility index (Phi) is 23.1. The number of rotatable bonds is 13. The van der Waals surface area contributed by atoms with Crippen LogP contribution in [0.5, 0.6) is 0 Å². The van der Waals surface area contributed by atoms with Gasteiger partial charge in [-0.25, -0.2) is 28.8 Å². The van der Waals surface area contributed by atoms with Gasteiger partial charge < -0.3 is 0 Å². The van der Waals surface area contributed by atoms with Crippen LogP contribution in [-0.4, -0.2) is 99.1 Å². The summed E-state index contributed by atoms with van der Waals surface area (Å²) in [6.45, 7) is 11.2. The molecule has 22 nitrogen and oxygen atoms in total. The van der Waals surface area contributed by atoms with Gasteiger partial charge >= 0.3 is 6.18 Å². The van der Waals surface area contributed by atoms with Gasteiger partial charge in [-0.2, -0.15) is 23.5 Å². The van der Waals surface area contributed by atoms with Crippen LogP contribution in [0, 0.1) is 31.8 Å². The minimum atomic E-state index is -4.42. The van der Waals surface area contributed by atoms with Crippen molar-refractivity contribution in [3.8, 4) is 108 Å². The van der Waals surface area contributed by atoms with Crippen molar-refractivity contribution in [2.45, 2.75) is 20.0 Å². The molecule has 10 aromatic heterocycles. The third kappa shape index (κ3) is 17.9. The molecule has 0 aliphatic rings. The number of aryl methyl sites for hydroxylation is 2. The number of fused-ring (bicyclic) bond motifs is 5. The number of nitrogens with zero attached hydrogens (tertiary/aromatic N) is 20. The van der Waals surface area contributed by atoms with Gasteiger partial charge in [-0.1, -0.05) is 334 Å². The second-order valence-electron chi connectivity index (χ2n) is 30.3. The van der Waals surface area contributed by atoms with Crippen molar-refractivity contribution >= 4 is 51.6 Å². The van der Waals surface area contributed by atoms with E-state index < -0.39 is 11.7 Å². The zero-order valence-electron chi connectivity index (χ0n) is 70.1. The molecule has 0 aliphatic heterocycles. The van der Waals surface area contributed by atoms with E-state index in [4.69, 9.17) is 37.1 Å². The Bertz CT molecular complexity index is 8120. The van der Waals surface area contributed by atoms with Gasteiger partial charge in [-0.05, 0) is 101 Å². The van der Waals surface area contributed by atoms with E-state index in [-0.39, 0.29) is 0 Å². The number of nitriles is 1. The first-order chi connectivity index (χ1) is 64.3. The van der Waals surface area contributed by atoms with E-state index in [2.05, 4.69) is 201 Å². The molecule has 13 aromatic carbocycles. The molecule has 0 amide bonds. The Morgan fingerprint density at radius 2 is 0.733 bits per heavy atom. The molecule has 0 radical (unpaired) electrons. The molecule has 2 N–H and O–H groups in total. The third-order valence-corrected chi connectivity index (χ3v) is 21.6. The van der Waals surface area contributed by atoms with E-state index >= 15 is 0 Å². The Morgan fingerprint density at radius 1 is 0.366 bits per heavy atom. The summed E-state index contributed by atoms with van der Waals surface area (Å²) >= 11 is 0. The van der Waals surface area contributed by atoms with Crippen LogP contribution in [-0.2, 0) is 6.18 Å². The fraction of sp³-hybridized carbons (Fsp3) is 0.0283. The third-order valence-electron chi connectivity index (χ3n) is 21.6. The fourth-order valence-electron chi connectivity index (χ4n) is 15.2. The Labute approximate surface area is 746 Å². The zero-order chi connectivity index (χ0) is 89.2. The maximum Gasteiger partial charge on any atom is 0.416 e. The molecule has 10 heterocycles. The second kappa shape index (κ2) is 36.8. The summed E-state index contributed by atoms with van der Waals surface area (Å²) in [4.78, 5) is 17.7. The lowest BCUT2D eigenvalue weighted by Gasteiger charge is -2.08. The maximum atomic E-state index is 13.0. The molecule has 25 heteroatoms. The number of hydrogen-bond acceptors (Lipinski definition) is 14. The molecule has 23 rings (SSSR count). The highest BCUT2D eigenvalue weighted by molar-refractivity contribution is 5.83. The van der Waals surface area contributed by atoms with Crippen molar-refractivity contribution in [1.82, 2.24) is 99.1 Å². The van der Waals surface area contributed by atoms with Gasteiger partial charge in [-0.15, -0.1) is 59.8 Å². The average Bonchev–Trinajstić information content (AvgIpc) is 1.62. The van der Waals surface area contributed by atoms with E-state index in [9.17, 15) is 13.2 Å². The van der Waals surface area contributed by atoms with E-state index in [0.717, 1.165) is 135 Å². The largest absolute Gasteiger partial charge is 0.416 e. The first kappa shape index (κ1) is 82.3.